The minimum absolute atomic E-state index is 0.0522. The van der Waals surface area contributed by atoms with Gasteiger partial charge in [-0.3, -0.25) is 9.59 Å². The first-order chi connectivity index (χ1) is 16.9. The largest absolute Gasteiger partial charge is 0.333 e. The van der Waals surface area contributed by atoms with Crippen LogP contribution in [0.1, 0.15) is 5.69 Å². The van der Waals surface area contributed by atoms with E-state index in [1.54, 1.807) is 54.0 Å². The quantitative estimate of drug-likeness (QED) is 0.378. The Hall–Kier alpha value is -4.37. The van der Waals surface area contributed by atoms with Crippen molar-refractivity contribution in [3.8, 4) is 22.8 Å². The van der Waals surface area contributed by atoms with Gasteiger partial charge in [0.2, 0.25) is 17.2 Å². The first-order valence-electron chi connectivity index (χ1n) is 10.5. The van der Waals surface area contributed by atoms with E-state index in [-0.39, 0.29) is 40.5 Å². The molecule has 0 radical (unpaired) electrons. The molecule has 5 aromatic rings. The first kappa shape index (κ1) is 22.4. The normalized spacial score (nSPS) is 11.1. The summed E-state index contributed by atoms with van der Waals surface area (Å²) in [5, 5.41) is 7.52. The van der Waals surface area contributed by atoms with Gasteiger partial charge in [-0.1, -0.05) is 28.9 Å². The Kier molecular flexibility index (Phi) is 5.84. The maximum absolute atomic E-state index is 13.6. The summed E-state index contributed by atoms with van der Waals surface area (Å²) < 4.78 is 20.5. The molecule has 0 saturated carbocycles. The van der Waals surface area contributed by atoms with Crippen molar-refractivity contribution in [1.82, 2.24) is 19.7 Å². The summed E-state index contributed by atoms with van der Waals surface area (Å²) in [5.41, 5.74) is 1.72. The zero-order valence-corrected chi connectivity index (χ0v) is 19.1. The topological polar surface area (TPSA) is 103 Å². The van der Waals surface area contributed by atoms with Crippen molar-refractivity contribution in [2.75, 3.05) is 5.32 Å². The number of aryl methyl sites for hydroxylation is 1. The molecular weight excluding hydrogens is 473 g/mol. The van der Waals surface area contributed by atoms with Gasteiger partial charge in [0.05, 0.1) is 5.39 Å². The highest BCUT2D eigenvalue weighted by molar-refractivity contribution is 6.30. The van der Waals surface area contributed by atoms with Gasteiger partial charge in [-0.2, -0.15) is 4.98 Å². The molecule has 35 heavy (non-hydrogen) atoms. The third kappa shape index (κ3) is 4.67. The lowest BCUT2D eigenvalue weighted by atomic mass is 10.1. The number of rotatable bonds is 5. The van der Waals surface area contributed by atoms with Crippen molar-refractivity contribution in [3.05, 3.63) is 93.6 Å². The van der Waals surface area contributed by atoms with Gasteiger partial charge in [-0.15, -0.1) is 0 Å². The van der Waals surface area contributed by atoms with Gasteiger partial charge in [-0.25, -0.2) is 9.37 Å². The van der Waals surface area contributed by atoms with Gasteiger partial charge in [0, 0.05) is 28.2 Å². The van der Waals surface area contributed by atoms with Crippen molar-refractivity contribution >= 4 is 34.2 Å². The number of anilines is 1. The number of nitrogens with zero attached hydrogens (tertiary/aromatic N) is 4. The van der Waals surface area contributed by atoms with E-state index in [9.17, 15) is 14.0 Å². The maximum Gasteiger partial charge on any atom is 0.263 e. The molecule has 3 aromatic heterocycles. The van der Waals surface area contributed by atoms with Crippen LogP contribution in [0, 0.1) is 12.7 Å². The number of carbonyl (C=O) groups is 1. The molecule has 0 saturated heterocycles. The summed E-state index contributed by atoms with van der Waals surface area (Å²) in [4.78, 5) is 34.8. The number of aromatic nitrogens is 4. The Morgan fingerprint density at radius 1 is 1.11 bits per heavy atom. The molecule has 1 N–H and O–H groups in total. The second kappa shape index (κ2) is 9.11. The zero-order chi connectivity index (χ0) is 24.5. The van der Waals surface area contributed by atoms with E-state index in [0.717, 1.165) is 0 Å². The van der Waals surface area contributed by atoms with E-state index < -0.39 is 5.82 Å². The number of hydrogen-bond acceptors (Lipinski definition) is 6. The minimum atomic E-state index is -0.449. The minimum Gasteiger partial charge on any atom is -0.333 e. The highest BCUT2D eigenvalue weighted by atomic mass is 35.5. The van der Waals surface area contributed by atoms with Crippen LogP contribution in [-0.4, -0.2) is 25.6 Å². The second-order valence-electron chi connectivity index (χ2n) is 7.81. The number of pyridine rings is 2. The number of halogens is 2. The predicted molar refractivity (Wildman–Crippen MR) is 130 cm³/mol. The summed E-state index contributed by atoms with van der Waals surface area (Å²) in [6.07, 6.45) is 1.46. The molecule has 0 aliphatic heterocycles. The number of fused-ring (bicyclic) bond motifs is 1. The molecule has 5 rings (SSSR count). The molecule has 0 unspecified atom stereocenters. The Balaban J connectivity index is 1.55. The van der Waals surface area contributed by atoms with Gasteiger partial charge in [-0.05, 0) is 55.5 Å². The average Bonchev–Trinajstić information content (AvgIpc) is 3.32. The molecule has 174 valence electrons. The van der Waals surface area contributed by atoms with Crippen LogP contribution in [0.15, 0.2) is 76.2 Å². The highest BCUT2D eigenvalue weighted by Crippen LogP contribution is 2.23. The fourth-order valence-electron chi connectivity index (χ4n) is 3.60. The zero-order valence-electron chi connectivity index (χ0n) is 18.3. The fourth-order valence-corrected chi connectivity index (χ4v) is 3.72. The van der Waals surface area contributed by atoms with Crippen LogP contribution >= 0.6 is 11.6 Å². The fraction of sp³-hybridized carbons (Fsp3) is 0.0800. The Morgan fingerprint density at radius 3 is 2.69 bits per heavy atom. The number of amides is 1. The standard InChI is InChI=1S/C25H17ClFN5O3/c1-14-5-10-19-22(34)20(25-30-23(31-35-25)15-3-2-4-17(27)11-15)12-32(24(19)28-14)13-21(33)29-18-8-6-16(26)7-9-18/h2-12H,13H2,1H3,(H,29,33). The van der Waals surface area contributed by atoms with Gasteiger partial charge in [0.1, 0.15) is 23.6 Å². The first-order valence-corrected chi connectivity index (χ1v) is 10.9. The van der Waals surface area contributed by atoms with Crippen LogP contribution in [0.4, 0.5) is 10.1 Å². The molecule has 0 atom stereocenters. The summed E-state index contributed by atoms with van der Waals surface area (Å²) in [6.45, 7) is 1.66. The van der Waals surface area contributed by atoms with Gasteiger partial charge in [0.15, 0.2) is 0 Å². The summed E-state index contributed by atoms with van der Waals surface area (Å²) in [5.74, 6) is -0.704. The number of nitrogens with one attached hydrogen (secondary N) is 1. The van der Waals surface area contributed by atoms with E-state index in [1.165, 1.54) is 24.4 Å². The second-order valence-corrected chi connectivity index (χ2v) is 8.25. The van der Waals surface area contributed by atoms with Crippen LogP contribution < -0.4 is 10.7 Å². The molecule has 2 aromatic carbocycles. The maximum atomic E-state index is 13.6. The summed E-state index contributed by atoms with van der Waals surface area (Å²) in [6, 6.07) is 15.8. The van der Waals surface area contributed by atoms with Gasteiger partial charge < -0.3 is 14.4 Å². The average molecular weight is 490 g/mol. The highest BCUT2D eigenvalue weighted by Gasteiger charge is 2.19. The summed E-state index contributed by atoms with van der Waals surface area (Å²) in [7, 11) is 0. The van der Waals surface area contributed by atoms with Crippen molar-refractivity contribution < 1.29 is 13.7 Å². The molecule has 0 spiro atoms. The van der Waals surface area contributed by atoms with Gasteiger partial charge >= 0.3 is 0 Å². The molecule has 1 amide bonds. The molecular formula is C25H17ClFN5O3. The van der Waals surface area contributed by atoms with E-state index in [0.29, 0.717) is 27.6 Å². The van der Waals surface area contributed by atoms with Crippen molar-refractivity contribution in [2.24, 2.45) is 0 Å². The predicted octanol–water partition coefficient (Wildman–Crippen LogP) is 4.85. The van der Waals surface area contributed by atoms with Crippen LogP contribution in [0.2, 0.25) is 5.02 Å². The molecule has 3 heterocycles. The smallest absolute Gasteiger partial charge is 0.263 e. The lowest BCUT2D eigenvalue weighted by molar-refractivity contribution is -0.116. The Bertz CT molecular complexity index is 1630. The van der Waals surface area contributed by atoms with Crippen molar-refractivity contribution in [1.29, 1.82) is 0 Å². The molecule has 0 fully saturated rings. The summed E-state index contributed by atoms with van der Waals surface area (Å²) >= 11 is 5.90. The Morgan fingerprint density at radius 2 is 1.91 bits per heavy atom. The van der Waals surface area contributed by atoms with E-state index in [4.69, 9.17) is 16.1 Å². The molecule has 0 bridgehead atoms. The number of benzene rings is 2. The third-order valence-electron chi connectivity index (χ3n) is 5.24. The lowest BCUT2D eigenvalue weighted by Crippen LogP contribution is -2.22. The lowest BCUT2D eigenvalue weighted by Gasteiger charge is -2.12. The SMILES string of the molecule is Cc1ccc2c(=O)c(-c3nc(-c4cccc(F)c4)no3)cn(CC(=O)Nc3ccc(Cl)cc3)c2n1. The van der Waals surface area contributed by atoms with E-state index in [1.807, 2.05) is 0 Å². The van der Waals surface area contributed by atoms with Crippen LogP contribution in [0.25, 0.3) is 33.9 Å². The monoisotopic (exact) mass is 489 g/mol. The van der Waals surface area contributed by atoms with E-state index in [2.05, 4.69) is 20.4 Å². The van der Waals surface area contributed by atoms with Gasteiger partial charge in [0.25, 0.3) is 5.89 Å². The van der Waals surface area contributed by atoms with E-state index >= 15 is 0 Å². The van der Waals surface area contributed by atoms with Crippen molar-refractivity contribution in [3.63, 3.8) is 0 Å². The third-order valence-corrected chi connectivity index (χ3v) is 5.49. The molecule has 0 aliphatic rings. The number of hydrogen-bond donors (Lipinski definition) is 1. The Labute approximate surface area is 203 Å². The number of carbonyl (C=O) groups excluding carboxylic acids is 1. The molecule has 8 nitrogen and oxygen atoms in total. The van der Waals surface area contributed by atoms with Crippen LogP contribution in [0.3, 0.4) is 0 Å². The van der Waals surface area contributed by atoms with Crippen LogP contribution in [0.5, 0.6) is 0 Å². The van der Waals surface area contributed by atoms with Crippen molar-refractivity contribution in [2.45, 2.75) is 13.5 Å². The van der Waals surface area contributed by atoms with Crippen LogP contribution in [-0.2, 0) is 11.3 Å². The molecule has 0 aliphatic carbocycles. The molecule has 10 heteroatoms.